The molecular formula is C13H13Cl3O3. The summed E-state index contributed by atoms with van der Waals surface area (Å²) in [6.45, 7) is 0. The first-order valence-corrected chi connectivity index (χ1v) is 7.07. The van der Waals surface area contributed by atoms with Crippen LogP contribution in [0.15, 0.2) is 24.3 Å². The molecule has 2 atom stereocenters. The molecule has 104 valence electrons. The van der Waals surface area contributed by atoms with Gasteiger partial charge in [0.15, 0.2) is 0 Å². The number of hydrogen-bond acceptors (Lipinski definition) is 3. The fraction of sp³-hybridized carbons (Fsp3) is 0.462. The standard InChI is InChI=1S/C13H13Cl3O3/c14-8-5-9(7-13(15,16)6-8)19-12(18)10-3-1-2-4-11(10)17/h1-4,8-9,17H,5-7H2. The molecule has 19 heavy (non-hydrogen) atoms. The van der Waals surface area contributed by atoms with E-state index in [0.29, 0.717) is 19.3 Å². The van der Waals surface area contributed by atoms with Gasteiger partial charge in [0.25, 0.3) is 0 Å². The molecule has 3 nitrogen and oxygen atoms in total. The van der Waals surface area contributed by atoms with Crippen molar-refractivity contribution in [3.8, 4) is 5.75 Å². The lowest BCUT2D eigenvalue weighted by Crippen LogP contribution is -2.36. The monoisotopic (exact) mass is 322 g/mol. The second-order valence-corrected chi connectivity index (χ2v) is 6.90. The van der Waals surface area contributed by atoms with E-state index in [1.54, 1.807) is 12.1 Å². The lowest BCUT2D eigenvalue weighted by molar-refractivity contribution is 0.0204. The van der Waals surface area contributed by atoms with Crippen molar-refractivity contribution in [1.29, 1.82) is 0 Å². The summed E-state index contributed by atoms with van der Waals surface area (Å²) in [7, 11) is 0. The van der Waals surface area contributed by atoms with Crippen molar-refractivity contribution >= 4 is 40.8 Å². The summed E-state index contributed by atoms with van der Waals surface area (Å²) in [4.78, 5) is 11.9. The number of carbonyl (C=O) groups is 1. The van der Waals surface area contributed by atoms with Crippen LogP contribution >= 0.6 is 34.8 Å². The number of hydrogen-bond donors (Lipinski definition) is 1. The molecule has 0 radical (unpaired) electrons. The first-order valence-electron chi connectivity index (χ1n) is 5.88. The predicted octanol–water partition coefficient (Wildman–Crippen LogP) is 3.88. The van der Waals surface area contributed by atoms with Gasteiger partial charge >= 0.3 is 5.97 Å². The number of carbonyl (C=O) groups excluding carboxylic acids is 1. The number of halogens is 3. The Morgan fingerprint density at radius 1 is 1.32 bits per heavy atom. The van der Waals surface area contributed by atoms with Gasteiger partial charge in [0.2, 0.25) is 0 Å². The maximum absolute atomic E-state index is 11.9. The average molecular weight is 324 g/mol. The summed E-state index contributed by atoms with van der Waals surface area (Å²) in [6, 6.07) is 6.20. The van der Waals surface area contributed by atoms with E-state index in [1.165, 1.54) is 12.1 Å². The van der Waals surface area contributed by atoms with Gasteiger partial charge < -0.3 is 9.84 Å². The maximum atomic E-state index is 11.9. The van der Waals surface area contributed by atoms with Crippen molar-refractivity contribution in [2.24, 2.45) is 0 Å². The van der Waals surface area contributed by atoms with Gasteiger partial charge in [-0.2, -0.15) is 0 Å². The van der Waals surface area contributed by atoms with Crippen molar-refractivity contribution in [1.82, 2.24) is 0 Å². The predicted molar refractivity (Wildman–Crippen MR) is 75.2 cm³/mol. The fourth-order valence-electron chi connectivity index (χ4n) is 2.14. The summed E-state index contributed by atoms with van der Waals surface area (Å²) < 4.78 is 4.33. The Morgan fingerprint density at radius 3 is 2.63 bits per heavy atom. The normalized spacial score (nSPS) is 25.8. The SMILES string of the molecule is O=C(OC1CC(Cl)CC(Cl)(Cl)C1)c1ccccc1O. The summed E-state index contributed by atoms with van der Waals surface area (Å²) in [5.74, 6) is -0.716. The van der Waals surface area contributed by atoms with Gasteiger partial charge in [-0.3, -0.25) is 0 Å². The Bertz CT molecular complexity index is 476. The van der Waals surface area contributed by atoms with E-state index in [4.69, 9.17) is 39.5 Å². The molecule has 0 aliphatic heterocycles. The number of alkyl halides is 3. The molecule has 0 heterocycles. The van der Waals surface area contributed by atoms with E-state index < -0.39 is 16.4 Å². The molecule has 1 fully saturated rings. The Balaban J connectivity index is 2.05. The van der Waals surface area contributed by atoms with Crippen LogP contribution in [0.5, 0.6) is 5.75 Å². The van der Waals surface area contributed by atoms with E-state index in [-0.39, 0.29) is 16.7 Å². The molecular weight excluding hydrogens is 310 g/mol. The number of ether oxygens (including phenoxy) is 1. The number of phenols is 1. The minimum Gasteiger partial charge on any atom is -0.507 e. The summed E-state index contributed by atoms with van der Waals surface area (Å²) in [5, 5.41) is 9.36. The van der Waals surface area contributed by atoms with Gasteiger partial charge in [-0.25, -0.2) is 4.79 Å². The van der Waals surface area contributed by atoms with Crippen molar-refractivity contribution in [2.45, 2.75) is 35.1 Å². The first kappa shape index (κ1) is 14.8. The third kappa shape index (κ3) is 3.91. The molecule has 0 aromatic heterocycles. The number of esters is 1. The molecule has 1 aliphatic carbocycles. The number of phenolic OH excluding ortho intramolecular Hbond substituents is 1. The molecule has 1 aromatic rings. The lowest BCUT2D eigenvalue weighted by atomic mass is 9.96. The molecule has 0 spiro atoms. The fourth-order valence-corrected chi connectivity index (χ4v) is 3.48. The second-order valence-electron chi connectivity index (χ2n) is 4.64. The molecule has 0 saturated heterocycles. The third-order valence-electron chi connectivity index (χ3n) is 2.96. The molecule has 1 aromatic carbocycles. The van der Waals surface area contributed by atoms with Crippen LogP contribution in [0.3, 0.4) is 0 Å². The van der Waals surface area contributed by atoms with Gasteiger partial charge in [0, 0.05) is 18.2 Å². The van der Waals surface area contributed by atoms with E-state index >= 15 is 0 Å². The molecule has 1 N–H and O–H groups in total. The third-order valence-corrected chi connectivity index (χ3v) is 3.91. The van der Waals surface area contributed by atoms with Crippen molar-refractivity contribution in [3.63, 3.8) is 0 Å². The van der Waals surface area contributed by atoms with Gasteiger partial charge in [-0.1, -0.05) is 12.1 Å². The zero-order valence-corrected chi connectivity index (χ0v) is 12.3. The highest BCUT2D eigenvalue weighted by Gasteiger charge is 2.39. The highest BCUT2D eigenvalue weighted by Crippen LogP contribution is 2.41. The summed E-state index contributed by atoms with van der Waals surface area (Å²) in [6.07, 6.45) is 0.849. The Morgan fingerprint density at radius 2 is 2.00 bits per heavy atom. The van der Waals surface area contributed by atoms with Gasteiger partial charge in [0.1, 0.15) is 21.8 Å². The number of aromatic hydroxyl groups is 1. The highest BCUT2D eigenvalue weighted by atomic mass is 35.5. The van der Waals surface area contributed by atoms with E-state index in [2.05, 4.69) is 0 Å². The van der Waals surface area contributed by atoms with E-state index in [9.17, 15) is 9.90 Å². The Hall–Kier alpha value is -0.640. The minimum atomic E-state index is -0.978. The summed E-state index contributed by atoms with van der Waals surface area (Å²) in [5.41, 5.74) is 0.119. The van der Waals surface area contributed by atoms with Gasteiger partial charge in [0.05, 0.1) is 0 Å². The van der Waals surface area contributed by atoms with Crippen LogP contribution in [0.1, 0.15) is 29.6 Å². The van der Waals surface area contributed by atoms with Crippen molar-refractivity contribution in [2.75, 3.05) is 0 Å². The highest BCUT2D eigenvalue weighted by molar-refractivity contribution is 6.48. The molecule has 1 saturated carbocycles. The molecule has 2 unspecified atom stereocenters. The van der Waals surface area contributed by atoms with Crippen molar-refractivity contribution < 1.29 is 14.6 Å². The maximum Gasteiger partial charge on any atom is 0.342 e. The van der Waals surface area contributed by atoms with E-state index in [0.717, 1.165) is 0 Å². The average Bonchev–Trinajstić information content (AvgIpc) is 2.26. The number of benzene rings is 1. The second kappa shape index (κ2) is 5.78. The quantitative estimate of drug-likeness (QED) is 0.663. The molecule has 0 bridgehead atoms. The summed E-state index contributed by atoms with van der Waals surface area (Å²) >= 11 is 18.2. The Kier molecular flexibility index (Phi) is 4.49. The van der Waals surface area contributed by atoms with Crippen LogP contribution in [-0.4, -0.2) is 26.9 Å². The molecule has 2 rings (SSSR count). The van der Waals surface area contributed by atoms with Gasteiger partial charge in [-0.15, -0.1) is 34.8 Å². The number of para-hydroxylation sites is 1. The Labute approximate surface area is 126 Å². The van der Waals surface area contributed by atoms with Crippen LogP contribution in [-0.2, 0) is 4.74 Å². The van der Waals surface area contributed by atoms with Crippen LogP contribution in [0.25, 0.3) is 0 Å². The molecule has 0 amide bonds. The zero-order valence-electron chi connectivity index (χ0n) is 9.98. The van der Waals surface area contributed by atoms with Crippen LogP contribution < -0.4 is 0 Å². The lowest BCUT2D eigenvalue weighted by Gasteiger charge is -2.33. The van der Waals surface area contributed by atoms with Crippen LogP contribution in [0.2, 0.25) is 0 Å². The largest absolute Gasteiger partial charge is 0.507 e. The smallest absolute Gasteiger partial charge is 0.342 e. The van der Waals surface area contributed by atoms with Crippen molar-refractivity contribution in [3.05, 3.63) is 29.8 Å². The minimum absolute atomic E-state index is 0.117. The first-order chi connectivity index (χ1) is 8.87. The van der Waals surface area contributed by atoms with Crippen LogP contribution in [0.4, 0.5) is 0 Å². The van der Waals surface area contributed by atoms with E-state index in [1.807, 2.05) is 0 Å². The topological polar surface area (TPSA) is 46.5 Å². The number of rotatable bonds is 2. The van der Waals surface area contributed by atoms with Gasteiger partial charge in [-0.05, 0) is 18.6 Å². The zero-order chi connectivity index (χ0) is 14.0. The molecule has 6 heteroatoms. The molecule has 1 aliphatic rings. The van der Waals surface area contributed by atoms with Crippen LogP contribution in [0, 0.1) is 0 Å².